The summed E-state index contributed by atoms with van der Waals surface area (Å²) in [4.78, 5) is 5.61. The Morgan fingerprint density at radius 3 is 2.85 bits per heavy atom. The van der Waals surface area contributed by atoms with E-state index in [1.807, 2.05) is 18.0 Å². The van der Waals surface area contributed by atoms with E-state index in [9.17, 15) is 17.6 Å². The lowest BCUT2D eigenvalue weighted by Crippen LogP contribution is -2.31. The van der Waals surface area contributed by atoms with E-state index >= 15 is 0 Å². The number of alkyl halides is 3. The number of nitriles is 1. The Balaban J connectivity index is 1.63. The Labute approximate surface area is 148 Å². The highest BCUT2D eigenvalue weighted by atomic mass is 19.4. The molecule has 1 aliphatic rings. The monoisotopic (exact) mass is 366 g/mol. The minimum absolute atomic E-state index is 0.157. The van der Waals surface area contributed by atoms with Gasteiger partial charge in [-0.3, -0.25) is 0 Å². The molecule has 0 bridgehead atoms. The molecule has 138 valence electrons. The maximum Gasteiger partial charge on any atom is 0.434 e. The van der Waals surface area contributed by atoms with Crippen LogP contribution in [0.2, 0.25) is 0 Å². The number of nitrogens with zero attached hydrogens (tertiary/aromatic N) is 4. The molecule has 3 rings (SSSR count). The van der Waals surface area contributed by atoms with Crippen LogP contribution >= 0.6 is 0 Å². The van der Waals surface area contributed by atoms with Crippen molar-refractivity contribution in [3.8, 4) is 6.07 Å². The summed E-state index contributed by atoms with van der Waals surface area (Å²) in [5.74, 6) is 0.250. The van der Waals surface area contributed by atoms with Crippen molar-refractivity contribution in [3.63, 3.8) is 0 Å². The first-order valence-electron chi connectivity index (χ1n) is 8.26. The van der Waals surface area contributed by atoms with Crippen LogP contribution in [0.25, 0.3) is 0 Å². The molecule has 4 nitrogen and oxygen atoms in total. The van der Waals surface area contributed by atoms with Crippen molar-refractivity contribution < 1.29 is 17.6 Å². The molecule has 0 spiro atoms. The van der Waals surface area contributed by atoms with Crippen molar-refractivity contribution >= 4 is 0 Å². The Kier molecular flexibility index (Phi) is 5.01. The average molecular weight is 366 g/mol. The van der Waals surface area contributed by atoms with Gasteiger partial charge in [-0.05, 0) is 37.6 Å². The topological polar surface area (TPSA) is 44.9 Å². The van der Waals surface area contributed by atoms with Gasteiger partial charge in [-0.15, -0.1) is 0 Å². The molecular weight excluding hydrogens is 348 g/mol. The van der Waals surface area contributed by atoms with E-state index < -0.39 is 11.9 Å². The van der Waals surface area contributed by atoms with E-state index in [4.69, 9.17) is 5.26 Å². The minimum Gasteiger partial charge on any atom is -0.334 e. The summed E-state index contributed by atoms with van der Waals surface area (Å²) >= 11 is 0. The number of imidazole rings is 1. The number of aromatic nitrogens is 2. The number of hydrogen-bond donors (Lipinski definition) is 0. The van der Waals surface area contributed by atoms with Gasteiger partial charge in [-0.25, -0.2) is 9.37 Å². The highest BCUT2D eigenvalue weighted by molar-refractivity contribution is 5.33. The van der Waals surface area contributed by atoms with Gasteiger partial charge in [0.25, 0.3) is 0 Å². The second kappa shape index (κ2) is 7.08. The third kappa shape index (κ3) is 4.05. The second-order valence-corrected chi connectivity index (χ2v) is 6.71. The number of fused-ring (bicyclic) bond motifs is 1. The maximum absolute atomic E-state index is 13.9. The molecule has 0 saturated heterocycles. The number of benzene rings is 1. The van der Waals surface area contributed by atoms with Gasteiger partial charge in [-0.1, -0.05) is 0 Å². The van der Waals surface area contributed by atoms with Crippen LogP contribution in [0, 0.1) is 23.1 Å². The fourth-order valence-corrected chi connectivity index (χ4v) is 3.36. The predicted molar refractivity (Wildman–Crippen MR) is 86.5 cm³/mol. The molecule has 0 N–H and O–H groups in total. The molecule has 1 aromatic carbocycles. The summed E-state index contributed by atoms with van der Waals surface area (Å²) in [5, 5.41) is 8.93. The summed E-state index contributed by atoms with van der Waals surface area (Å²) < 4.78 is 53.8. The van der Waals surface area contributed by atoms with Crippen LogP contribution < -0.4 is 0 Å². The van der Waals surface area contributed by atoms with E-state index in [1.54, 1.807) is 4.57 Å². The summed E-state index contributed by atoms with van der Waals surface area (Å²) in [5.41, 5.74) is -0.0165. The van der Waals surface area contributed by atoms with Gasteiger partial charge in [0.05, 0.1) is 11.6 Å². The first-order chi connectivity index (χ1) is 12.3. The van der Waals surface area contributed by atoms with E-state index in [1.165, 1.54) is 18.2 Å². The molecule has 2 aromatic rings. The minimum atomic E-state index is -4.43. The fraction of sp³-hybridized carbons (Fsp3) is 0.444. The van der Waals surface area contributed by atoms with Gasteiger partial charge >= 0.3 is 6.18 Å². The number of rotatable bonds is 4. The van der Waals surface area contributed by atoms with Crippen molar-refractivity contribution in [2.75, 3.05) is 13.6 Å². The van der Waals surface area contributed by atoms with E-state index in [0.717, 1.165) is 12.6 Å². The molecule has 1 atom stereocenters. The zero-order chi connectivity index (χ0) is 18.9. The molecule has 26 heavy (non-hydrogen) atoms. The lowest BCUT2D eigenvalue weighted by atomic mass is 9.98. The number of hydrogen-bond acceptors (Lipinski definition) is 3. The van der Waals surface area contributed by atoms with Gasteiger partial charge in [0, 0.05) is 37.8 Å². The van der Waals surface area contributed by atoms with Gasteiger partial charge in [-0.2, -0.15) is 18.4 Å². The maximum atomic E-state index is 13.9. The fourth-order valence-electron chi connectivity index (χ4n) is 3.36. The molecule has 0 saturated carbocycles. The third-order valence-electron chi connectivity index (χ3n) is 4.57. The summed E-state index contributed by atoms with van der Waals surface area (Å²) in [7, 11) is 1.84. The number of aryl methyl sites for hydroxylation is 1. The molecule has 1 aromatic heterocycles. The lowest BCUT2D eigenvalue weighted by molar-refractivity contribution is -0.141. The summed E-state index contributed by atoms with van der Waals surface area (Å²) in [6.45, 7) is 1.42. The smallest absolute Gasteiger partial charge is 0.334 e. The van der Waals surface area contributed by atoms with Crippen LogP contribution in [0.5, 0.6) is 0 Å². The van der Waals surface area contributed by atoms with Crippen molar-refractivity contribution in [2.45, 2.75) is 32.1 Å². The second-order valence-electron chi connectivity index (χ2n) is 6.71. The molecule has 8 heteroatoms. The Bertz CT molecular complexity index is 835. The summed E-state index contributed by atoms with van der Waals surface area (Å²) in [6, 6.07) is 6.22. The molecule has 0 fully saturated rings. The molecule has 1 unspecified atom stereocenters. The molecule has 0 aliphatic carbocycles. The van der Waals surface area contributed by atoms with Crippen LogP contribution in [-0.2, 0) is 25.7 Å². The zero-order valence-electron chi connectivity index (χ0n) is 14.2. The number of halogens is 4. The molecular formula is C18H18F4N4. The van der Waals surface area contributed by atoms with Crippen molar-refractivity contribution in [3.05, 3.63) is 52.9 Å². The van der Waals surface area contributed by atoms with Crippen molar-refractivity contribution in [2.24, 2.45) is 5.92 Å². The highest BCUT2D eigenvalue weighted by Crippen LogP contribution is 2.31. The van der Waals surface area contributed by atoms with E-state index in [-0.39, 0.29) is 11.7 Å². The third-order valence-corrected chi connectivity index (χ3v) is 4.57. The van der Waals surface area contributed by atoms with Crippen LogP contribution in [0.3, 0.4) is 0 Å². The van der Waals surface area contributed by atoms with Gasteiger partial charge in [0.1, 0.15) is 11.6 Å². The molecule has 0 amide bonds. The summed E-state index contributed by atoms with van der Waals surface area (Å²) in [6.07, 6.45) is -2.14. The van der Waals surface area contributed by atoms with Crippen LogP contribution in [0.1, 0.15) is 29.1 Å². The Hall–Kier alpha value is -2.40. The Morgan fingerprint density at radius 2 is 2.15 bits per heavy atom. The van der Waals surface area contributed by atoms with E-state index in [0.29, 0.717) is 43.0 Å². The lowest BCUT2D eigenvalue weighted by Gasteiger charge is -2.28. The van der Waals surface area contributed by atoms with Crippen molar-refractivity contribution in [1.29, 1.82) is 5.26 Å². The van der Waals surface area contributed by atoms with Crippen LogP contribution in [0.15, 0.2) is 24.4 Å². The molecule has 1 aliphatic heterocycles. The quantitative estimate of drug-likeness (QED) is 0.777. The van der Waals surface area contributed by atoms with Gasteiger partial charge < -0.3 is 9.47 Å². The largest absolute Gasteiger partial charge is 0.434 e. The van der Waals surface area contributed by atoms with Crippen LogP contribution in [0.4, 0.5) is 17.6 Å². The average Bonchev–Trinajstić information content (AvgIpc) is 3.00. The highest BCUT2D eigenvalue weighted by Gasteiger charge is 2.35. The zero-order valence-corrected chi connectivity index (χ0v) is 14.2. The molecule has 2 heterocycles. The SMILES string of the molecule is CN(Cc1cc(C#N)ccc1F)CC1CCc2nc(C(F)(F)F)cn2C1. The predicted octanol–water partition coefficient (Wildman–Crippen LogP) is 3.61. The molecule has 0 radical (unpaired) electrons. The van der Waals surface area contributed by atoms with Gasteiger partial charge in [0.2, 0.25) is 0 Å². The van der Waals surface area contributed by atoms with Crippen LogP contribution in [-0.4, -0.2) is 28.0 Å². The standard InChI is InChI=1S/C18H18F4N4/c1-25(10-14-6-12(7-23)2-4-15(14)19)8-13-3-5-17-24-16(18(20,21)22)11-26(17)9-13/h2,4,6,11,13H,3,5,8-10H2,1H3. The Morgan fingerprint density at radius 1 is 1.38 bits per heavy atom. The van der Waals surface area contributed by atoms with Crippen molar-refractivity contribution in [1.82, 2.24) is 14.5 Å². The van der Waals surface area contributed by atoms with Gasteiger partial charge in [0.15, 0.2) is 5.69 Å². The first kappa shape index (κ1) is 18.4. The normalized spacial score (nSPS) is 17.2. The van der Waals surface area contributed by atoms with E-state index in [2.05, 4.69) is 4.98 Å². The first-order valence-corrected chi connectivity index (χ1v) is 8.26.